The van der Waals surface area contributed by atoms with Gasteiger partial charge in [-0.15, -0.1) is 0 Å². The molecule has 0 aliphatic carbocycles. The van der Waals surface area contributed by atoms with Crippen LogP contribution in [-0.4, -0.2) is 34.3 Å². The predicted molar refractivity (Wildman–Crippen MR) is 148 cm³/mol. The van der Waals surface area contributed by atoms with Gasteiger partial charge in [-0.2, -0.15) is 5.26 Å². The van der Waals surface area contributed by atoms with E-state index in [9.17, 15) is 24.3 Å². The first kappa shape index (κ1) is 27.4. The summed E-state index contributed by atoms with van der Waals surface area (Å²) in [6, 6.07) is 23.1. The summed E-state index contributed by atoms with van der Waals surface area (Å²) in [7, 11) is 1.57. The molecule has 1 unspecified atom stereocenters. The molecule has 7 nitrogen and oxygen atoms in total. The van der Waals surface area contributed by atoms with E-state index in [0.29, 0.717) is 39.7 Å². The Bertz CT molecular complexity index is 1570. The Labute approximate surface area is 229 Å². The Hall–Kier alpha value is -4.68. The monoisotopic (exact) mass is 541 g/mol. The SMILES string of the molecule is CCC(Sc1nc(-c2ccc(OC)cc2)cc(-c2cccc(F)c2)c1C#N)C(=O)Nc1cccc(C(=O)O)c1. The topological polar surface area (TPSA) is 112 Å². The molecule has 1 aromatic heterocycles. The summed E-state index contributed by atoms with van der Waals surface area (Å²) in [6.45, 7) is 1.83. The number of benzene rings is 3. The number of aromatic carboxylic acids is 1. The highest BCUT2D eigenvalue weighted by molar-refractivity contribution is 8.00. The Morgan fingerprint density at radius 2 is 1.82 bits per heavy atom. The number of hydrogen-bond acceptors (Lipinski definition) is 6. The van der Waals surface area contributed by atoms with Gasteiger partial charge in [0.25, 0.3) is 0 Å². The smallest absolute Gasteiger partial charge is 0.335 e. The fourth-order valence-corrected chi connectivity index (χ4v) is 4.94. The quantitative estimate of drug-likeness (QED) is 0.228. The molecule has 1 amide bonds. The molecule has 9 heteroatoms. The van der Waals surface area contributed by atoms with Crippen molar-refractivity contribution in [3.63, 3.8) is 0 Å². The molecular weight excluding hydrogens is 517 g/mol. The fourth-order valence-electron chi connectivity index (χ4n) is 3.92. The van der Waals surface area contributed by atoms with Crippen molar-refractivity contribution >= 4 is 29.3 Å². The average Bonchev–Trinajstić information content (AvgIpc) is 2.95. The molecule has 0 radical (unpaired) electrons. The van der Waals surface area contributed by atoms with Gasteiger partial charge in [-0.05, 0) is 72.6 Å². The van der Waals surface area contributed by atoms with Gasteiger partial charge in [-0.1, -0.05) is 36.9 Å². The van der Waals surface area contributed by atoms with E-state index in [2.05, 4.69) is 11.4 Å². The van der Waals surface area contributed by atoms with Crippen molar-refractivity contribution in [2.24, 2.45) is 0 Å². The second-order valence-corrected chi connectivity index (χ2v) is 9.67. The lowest BCUT2D eigenvalue weighted by Crippen LogP contribution is -2.25. The zero-order valence-electron chi connectivity index (χ0n) is 21.1. The molecule has 4 rings (SSSR count). The maximum absolute atomic E-state index is 14.1. The molecule has 1 heterocycles. The van der Waals surface area contributed by atoms with Crippen LogP contribution in [0.4, 0.5) is 10.1 Å². The van der Waals surface area contributed by atoms with Gasteiger partial charge in [0, 0.05) is 16.8 Å². The summed E-state index contributed by atoms with van der Waals surface area (Å²) in [5.74, 6) is -1.24. The van der Waals surface area contributed by atoms with Crippen LogP contribution in [0.3, 0.4) is 0 Å². The molecule has 0 saturated carbocycles. The number of nitrogens with one attached hydrogen (secondary N) is 1. The van der Waals surface area contributed by atoms with Crippen LogP contribution >= 0.6 is 11.8 Å². The van der Waals surface area contributed by atoms with Crippen LogP contribution in [0, 0.1) is 17.1 Å². The number of pyridine rings is 1. The maximum atomic E-state index is 14.1. The number of thioether (sulfide) groups is 1. The number of anilines is 1. The van der Waals surface area contributed by atoms with Crippen LogP contribution in [0.5, 0.6) is 5.75 Å². The molecule has 2 N–H and O–H groups in total. The van der Waals surface area contributed by atoms with Crippen molar-refractivity contribution in [2.75, 3.05) is 12.4 Å². The first-order valence-electron chi connectivity index (χ1n) is 12.0. The number of carboxylic acids is 1. The van der Waals surface area contributed by atoms with E-state index in [0.717, 1.165) is 17.3 Å². The molecule has 0 aliphatic heterocycles. The molecule has 4 aromatic rings. The van der Waals surface area contributed by atoms with E-state index in [1.165, 1.54) is 24.3 Å². The van der Waals surface area contributed by atoms with E-state index >= 15 is 0 Å². The van der Waals surface area contributed by atoms with Gasteiger partial charge >= 0.3 is 5.97 Å². The Balaban J connectivity index is 1.75. The minimum Gasteiger partial charge on any atom is -0.497 e. The summed E-state index contributed by atoms with van der Waals surface area (Å²) in [4.78, 5) is 29.3. The number of hydrogen-bond donors (Lipinski definition) is 2. The lowest BCUT2D eigenvalue weighted by atomic mass is 9.99. The van der Waals surface area contributed by atoms with Crippen LogP contribution in [0.2, 0.25) is 0 Å². The van der Waals surface area contributed by atoms with Crippen LogP contribution in [0.15, 0.2) is 83.9 Å². The summed E-state index contributed by atoms with van der Waals surface area (Å²) in [5, 5.41) is 21.8. The number of carbonyl (C=O) groups is 2. The highest BCUT2D eigenvalue weighted by atomic mass is 32.2. The van der Waals surface area contributed by atoms with E-state index in [1.54, 1.807) is 49.6 Å². The number of aromatic nitrogens is 1. The average molecular weight is 542 g/mol. The van der Waals surface area contributed by atoms with Crippen molar-refractivity contribution < 1.29 is 23.8 Å². The number of methoxy groups -OCH3 is 1. The number of nitriles is 1. The molecule has 1 atom stereocenters. The van der Waals surface area contributed by atoms with E-state index in [4.69, 9.17) is 9.72 Å². The molecule has 0 bridgehead atoms. The van der Waals surface area contributed by atoms with Gasteiger partial charge in [-0.3, -0.25) is 4.79 Å². The number of rotatable bonds is 9. The maximum Gasteiger partial charge on any atom is 0.335 e. The summed E-state index contributed by atoms with van der Waals surface area (Å²) in [6.07, 6.45) is 0.406. The number of halogens is 1. The third-order valence-corrected chi connectivity index (χ3v) is 7.26. The second kappa shape index (κ2) is 12.2. The zero-order valence-corrected chi connectivity index (χ0v) is 22.0. The summed E-state index contributed by atoms with van der Waals surface area (Å²) in [5.41, 5.74) is 2.92. The number of carbonyl (C=O) groups excluding carboxylic acids is 1. The van der Waals surface area contributed by atoms with Crippen molar-refractivity contribution in [1.82, 2.24) is 4.98 Å². The largest absolute Gasteiger partial charge is 0.497 e. The Morgan fingerprint density at radius 1 is 1.08 bits per heavy atom. The van der Waals surface area contributed by atoms with E-state index in [1.807, 2.05) is 19.1 Å². The lowest BCUT2D eigenvalue weighted by Gasteiger charge is -2.18. The molecular formula is C30H24FN3O4S. The van der Waals surface area contributed by atoms with Gasteiger partial charge in [0.2, 0.25) is 5.91 Å². The minimum absolute atomic E-state index is 0.0499. The van der Waals surface area contributed by atoms with Crippen LogP contribution in [-0.2, 0) is 4.79 Å². The number of amides is 1. The van der Waals surface area contributed by atoms with Gasteiger partial charge in [0.1, 0.15) is 22.7 Å². The van der Waals surface area contributed by atoms with Gasteiger partial charge in [0.15, 0.2) is 0 Å². The standard InChI is InChI=1S/C30H24FN3O4S/c1-3-27(28(35)33-22-9-5-7-20(15-22)30(36)37)39-29-25(17-32)24(19-6-4-8-21(31)14-19)16-26(34-29)18-10-12-23(38-2)13-11-18/h4-16,27H,3H2,1-2H3,(H,33,35)(H,36,37). The third-order valence-electron chi connectivity index (χ3n) is 5.91. The number of nitrogens with zero attached hydrogens (tertiary/aromatic N) is 2. The summed E-state index contributed by atoms with van der Waals surface area (Å²) < 4.78 is 19.4. The normalized spacial score (nSPS) is 11.3. The van der Waals surface area contributed by atoms with Crippen LogP contribution < -0.4 is 10.1 Å². The number of carboxylic acid groups (broad SMARTS) is 1. The fraction of sp³-hybridized carbons (Fsp3) is 0.133. The van der Waals surface area contributed by atoms with Crippen molar-refractivity contribution in [1.29, 1.82) is 5.26 Å². The van der Waals surface area contributed by atoms with Gasteiger partial charge in [-0.25, -0.2) is 14.2 Å². The molecule has 39 heavy (non-hydrogen) atoms. The van der Waals surface area contributed by atoms with Gasteiger partial charge < -0.3 is 15.2 Å². The summed E-state index contributed by atoms with van der Waals surface area (Å²) >= 11 is 1.13. The van der Waals surface area contributed by atoms with Crippen LogP contribution in [0.1, 0.15) is 29.3 Å². The molecule has 0 fully saturated rings. The van der Waals surface area contributed by atoms with Crippen molar-refractivity contribution in [2.45, 2.75) is 23.6 Å². The minimum atomic E-state index is -1.10. The Morgan fingerprint density at radius 3 is 2.46 bits per heavy atom. The number of ether oxygens (including phenoxy) is 1. The van der Waals surface area contributed by atoms with Crippen molar-refractivity contribution in [3.05, 3.63) is 95.8 Å². The van der Waals surface area contributed by atoms with E-state index < -0.39 is 17.0 Å². The molecule has 0 aliphatic rings. The first-order chi connectivity index (χ1) is 18.8. The predicted octanol–water partition coefficient (Wildman–Crippen LogP) is 6.64. The van der Waals surface area contributed by atoms with Crippen molar-refractivity contribution in [3.8, 4) is 34.2 Å². The molecule has 0 spiro atoms. The van der Waals surface area contributed by atoms with E-state index in [-0.39, 0.29) is 17.0 Å². The first-order valence-corrected chi connectivity index (χ1v) is 12.9. The highest BCUT2D eigenvalue weighted by Gasteiger charge is 2.24. The zero-order chi connectivity index (χ0) is 27.9. The molecule has 0 saturated heterocycles. The lowest BCUT2D eigenvalue weighted by molar-refractivity contribution is -0.115. The molecule has 196 valence electrons. The van der Waals surface area contributed by atoms with Crippen LogP contribution in [0.25, 0.3) is 22.4 Å². The highest BCUT2D eigenvalue weighted by Crippen LogP contribution is 2.37. The Kier molecular flexibility index (Phi) is 8.59. The second-order valence-electron chi connectivity index (χ2n) is 8.48. The van der Waals surface area contributed by atoms with Gasteiger partial charge in [0.05, 0.1) is 29.2 Å². The third kappa shape index (κ3) is 6.43. The molecule has 3 aromatic carbocycles.